The van der Waals surface area contributed by atoms with Gasteiger partial charge in [0.2, 0.25) is 10.0 Å². The van der Waals surface area contributed by atoms with E-state index in [4.69, 9.17) is 0 Å². The Bertz CT molecular complexity index is 1030. The molecule has 1 aliphatic rings. The molecule has 0 fully saturated rings. The summed E-state index contributed by atoms with van der Waals surface area (Å²) in [5, 5.41) is 0. The maximum Gasteiger partial charge on any atom is 0.244 e. The molecule has 0 radical (unpaired) electrons. The highest BCUT2D eigenvalue weighted by Crippen LogP contribution is 2.36. The van der Waals surface area contributed by atoms with Crippen molar-refractivity contribution in [2.45, 2.75) is 17.5 Å². The van der Waals surface area contributed by atoms with Gasteiger partial charge in [-0.15, -0.1) is 0 Å². The van der Waals surface area contributed by atoms with E-state index >= 15 is 0 Å². The Hall–Kier alpha value is -1.96. The Kier molecular flexibility index (Phi) is 4.46. The molecule has 0 aliphatic carbocycles. The zero-order chi connectivity index (χ0) is 18.3. The summed E-state index contributed by atoms with van der Waals surface area (Å²) in [5.41, 5.74) is 1.81. The Morgan fingerprint density at radius 2 is 1.65 bits per heavy atom. The van der Waals surface area contributed by atoms with Crippen LogP contribution in [0.5, 0.6) is 0 Å². The SMILES string of the molecule is O=S(=O)(c1ccc(F)cc1)N1CCn2cccc2[C@H]1c1ccc(Br)cc1. The number of nitrogens with zero attached hydrogens (tertiary/aromatic N) is 2. The van der Waals surface area contributed by atoms with Crippen LogP contribution in [0.3, 0.4) is 0 Å². The van der Waals surface area contributed by atoms with Gasteiger partial charge in [0.15, 0.2) is 0 Å². The van der Waals surface area contributed by atoms with Gasteiger partial charge in [0.1, 0.15) is 5.82 Å². The largest absolute Gasteiger partial charge is 0.348 e. The summed E-state index contributed by atoms with van der Waals surface area (Å²) in [6, 6.07) is 16.1. The molecular formula is C19H16BrFN2O2S. The number of halogens is 2. The average molecular weight is 435 g/mol. The van der Waals surface area contributed by atoms with Gasteiger partial charge in [-0.1, -0.05) is 28.1 Å². The molecule has 2 aromatic carbocycles. The molecule has 2 heterocycles. The van der Waals surface area contributed by atoms with Gasteiger partial charge in [0.05, 0.1) is 10.9 Å². The lowest BCUT2D eigenvalue weighted by Crippen LogP contribution is -2.42. The fourth-order valence-corrected chi connectivity index (χ4v) is 5.19. The van der Waals surface area contributed by atoms with Crippen molar-refractivity contribution in [3.05, 3.63) is 88.4 Å². The highest BCUT2D eigenvalue weighted by Gasteiger charge is 2.37. The van der Waals surface area contributed by atoms with Crippen molar-refractivity contribution in [2.24, 2.45) is 0 Å². The second kappa shape index (κ2) is 6.64. The topological polar surface area (TPSA) is 42.3 Å². The summed E-state index contributed by atoms with van der Waals surface area (Å²) in [6.45, 7) is 0.928. The molecule has 0 bridgehead atoms. The van der Waals surface area contributed by atoms with E-state index in [9.17, 15) is 12.8 Å². The van der Waals surface area contributed by atoms with Crippen LogP contribution in [0.15, 0.2) is 76.2 Å². The van der Waals surface area contributed by atoms with Gasteiger partial charge in [-0.05, 0) is 54.1 Å². The normalized spacial score (nSPS) is 17.8. The molecule has 0 N–H and O–H groups in total. The maximum absolute atomic E-state index is 13.3. The first-order valence-electron chi connectivity index (χ1n) is 8.15. The maximum atomic E-state index is 13.3. The van der Waals surface area contributed by atoms with E-state index in [1.54, 1.807) is 0 Å². The number of sulfonamides is 1. The van der Waals surface area contributed by atoms with E-state index in [0.29, 0.717) is 13.1 Å². The average Bonchev–Trinajstić information content (AvgIpc) is 3.11. The minimum atomic E-state index is -3.77. The zero-order valence-electron chi connectivity index (χ0n) is 13.7. The van der Waals surface area contributed by atoms with Gasteiger partial charge in [-0.25, -0.2) is 12.8 Å². The summed E-state index contributed by atoms with van der Waals surface area (Å²) >= 11 is 3.42. The third-order valence-electron chi connectivity index (χ3n) is 4.60. The molecule has 4 rings (SSSR count). The predicted octanol–water partition coefficient (Wildman–Crippen LogP) is 4.18. The van der Waals surface area contributed by atoms with E-state index in [-0.39, 0.29) is 4.90 Å². The summed E-state index contributed by atoms with van der Waals surface area (Å²) in [6.07, 6.45) is 1.96. The van der Waals surface area contributed by atoms with Gasteiger partial charge in [-0.3, -0.25) is 0 Å². The highest BCUT2D eigenvalue weighted by molar-refractivity contribution is 9.10. The molecule has 0 saturated carbocycles. The lowest BCUT2D eigenvalue weighted by Gasteiger charge is -2.36. The molecule has 0 amide bonds. The lowest BCUT2D eigenvalue weighted by molar-refractivity contribution is 0.298. The molecule has 26 heavy (non-hydrogen) atoms. The Labute approximate surface area is 160 Å². The number of benzene rings is 2. The number of rotatable bonds is 3. The lowest BCUT2D eigenvalue weighted by atomic mass is 10.0. The Morgan fingerprint density at radius 3 is 2.35 bits per heavy atom. The molecule has 1 aliphatic heterocycles. The minimum Gasteiger partial charge on any atom is -0.348 e. The van der Waals surface area contributed by atoms with Crippen LogP contribution >= 0.6 is 15.9 Å². The first-order chi connectivity index (χ1) is 12.5. The van der Waals surface area contributed by atoms with Crippen LogP contribution in [0.2, 0.25) is 0 Å². The van der Waals surface area contributed by atoms with E-state index in [1.165, 1.54) is 28.6 Å². The van der Waals surface area contributed by atoms with Crippen molar-refractivity contribution < 1.29 is 12.8 Å². The quantitative estimate of drug-likeness (QED) is 0.620. The van der Waals surface area contributed by atoms with E-state index in [1.807, 2.05) is 42.6 Å². The van der Waals surface area contributed by atoms with Gasteiger partial charge < -0.3 is 4.57 Å². The molecule has 1 atom stereocenters. The molecule has 0 spiro atoms. The molecule has 3 aromatic rings. The zero-order valence-corrected chi connectivity index (χ0v) is 16.1. The predicted molar refractivity (Wildman–Crippen MR) is 101 cm³/mol. The number of hydrogen-bond donors (Lipinski definition) is 0. The van der Waals surface area contributed by atoms with Crippen LogP contribution < -0.4 is 0 Å². The molecular weight excluding hydrogens is 419 g/mol. The molecule has 134 valence electrons. The fraction of sp³-hybridized carbons (Fsp3) is 0.158. The molecule has 4 nitrogen and oxygen atoms in total. The molecule has 1 aromatic heterocycles. The summed E-state index contributed by atoms with van der Waals surface area (Å²) in [7, 11) is -3.77. The van der Waals surface area contributed by atoms with Crippen molar-refractivity contribution in [3.63, 3.8) is 0 Å². The molecule has 0 saturated heterocycles. The number of fused-ring (bicyclic) bond motifs is 1. The van der Waals surface area contributed by atoms with Crippen molar-refractivity contribution in [1.82, 2.24) is 8.87 Å². The standard InChI is InChI=1S/C19H16BrFN2O2S/c20-15-5-3-14(4-6-15)19-18-2-1-11-22(18)12-13-23(19)26(24,25)17-9-7-16(21)8-10-17/h1-11,19H,12-13H2/t19-/m1/s1. The van der Waals surface area contributed by atoms with Gasteiger partial charge in [0, 0.05) is 29.5 Å². The third kappa shape index (κ3) is 3.00. The first-order valence-corrected chi connectivity index (χ1v) is 10.4. The van der Waals surface area contributed by atoms with Crippen LogP contribution in [-0.2, 0) is 16.6 Å². The number of hydrogen-bond acceptors (Lipinski definition) is 2. The van der Waals surface area contributed by atoms with Gasteiger partial charge >= 0.3 is 0 Å². The van der Waals surface area contributed by atoms with Crippen LogP contribution in [0.25, 0.3) is 0 Å². The van der Waals surface area contributed by atoms with Crippen LogP contribution in [0.4, 0.5) is 4.39 Å². The van der Waals surface area contributed by atoms with Crippen molar-refractivity contribution in [2.75, 3.05) is 6.54 Å². The van der Waals surface area contributed by atoms with E-state index < -0.39 is 21.9 Å². The van der Waals surface area contributed by atoms with Crippen LogP contribution in [0, 0.1) is 5.82 Å². The van der Waals surface area contributed by atoms with E-state index in [0.717, 1.165) is 15.7 Å². The summed E-state index contributed by atoms with van der Waals surface area (Å²) in [5.74, 6) is -0.457. The smallest absolute Gasteiger partial charge is 0.244 e. The van der Waals surface area contributed by atoms with Crippen molar-refractivity contribution >= 4 is 26.0 Å². The Balaban J connectivity index is 1.83. The summed E-state index contributed by atoms with van der Waals surface area (Å²) < 4.78 is 44.3. The first kappa shape index (κ1) is 17.5. The third-order valence-corrected chi connectivity index (χ3v) is 7.01. The van der Waals surface area contributed by atoms with Gasteiger partial charge in [0.25, 0.3) is 0 Å². The fourth-order valence-electron chi connectivity index (χ4n) is 3.35. The Morgan fingerprint density at radius 1 is 0.962 bits per heavy atom. The summed E-state index contributed by atoms with van der Waals surface area (Å²) in [4.78, 5) is 0.0982. The van der Waals surface area contributed by atoms with Gasteiger partial charge in [-0.2, -0.15) is 4.31 Å². The molecule has 7 heteroatoms. The van der Waals surface area contributed by atoms with Crippen molar-refractivity contribution in [3.8, 4) is 0 Å². The minimum absolute atomic E-state index is 0.0982. The van der Waals surface area contributed by atoms with E-state index in [2.05, 4.69) is 20.5 Å². The van der Waals surface area contributed by atoms with Crippen LogP contribution in [-0.4, -0.2) is 23.8 Å². The second-order valence-electron chi connectivity index (χ2n) is 6.15. The second-order valence-corrected chi connectivity index (χ2v) is 8.96. The number of aromatic nitrogens is 1. The highest BCUT2D eigenvalue weighted by atomic mass is 79.9. The van der Waals surface area contributed by atoms with Crippen LogP contribution in [0.1, 0.15) is 17.3 Å². The molecule has 0 unspecified atom stereocenters. The monoisotopic (exact) mass is 434 g/mol. The van der Waals surface area contributed by atoms with Crippen molar-refractivity contribution in [1.29, 1.82) is 0 Å².